The lowest BCUT2D eigenvalue weighted by Crippen LogP contribution is -2.21. The molecule has 0 bridgehead atoms. The van der Waals surface area contributed by atoms with Gasteiger partial charge in [-0.25, -0.2) is 0 Å². The third-order valence-corrected chi connectivity index (χ3v) is 3.19. The Kier molecular flexibility index (Phi) is 3.11. The average Bonchev–Trinajstić information content (AvgIpc) is 2.96. The molecule has 1 fully saturated rings. The number of nitrogens with one attached hydrogen (secondary N) is 1. The number of nitro groups is 1. The van der Waals surface area contributed by atoms with Crippen LogP contribution < -0.4 is 5.32 Å². The molecule has 0 unspecified atom stereocenters. The van der Waals surface area contributed by atoms with Gasteiger partial charge in [0.2, 0.25) is 5.82 Å². The first-order valence-electron chi connectivity index (χ1n) is 5.64. The molecule has 1 saturated carbocycles. The molecule has 0 amide bonds. The maximum Gasteiger partial charge on any atom is 0.304 e. The summed E-state index contributed by atoms with van der Waals surface area (Å²) in [5, 5.41) is 13.7. The molecule has 0 aliphatic heterocycles. The number of halogens is 1. The number of hydrogen-bond donors (Lipinski definition) is 1. The van der Waals surface area contributed by atoms with E-state index in [0.717, 1.165) is 12.1 Å². The van der Waals surface area contributed by atoms with Gasteiger partial charge in [0.1, 0.15) is 0 Å². The second kappa shape index (κ2) is 4.41. The lowest BCUT2D eigenvalue weighted by molar-refractivity contribution is -0.387. The van der Waals surface area contributed by atoms with Crippen LogP contribution in [0.4, 0.5) is 10.1 Å². The van der Waals surface area contributed by atoms with Gasteiger partial charge < -0.3 is 5.32 Å². The van der Waals surface area contributed by atoms with Crippen molar-refractivity contribution in [3.05, 3.63) is 39.7 Å². The first kappa shape index (κ1) is 12.0. The summed E-state index contributed by atoms with van der Waals surface area (Å²) < 4.78 is 13.3. The van der Waals surface area contributed by atoms with Crippen LogP contribution in [0.5, 0.6) is 0 Å². The Bertz CT molecular complexity index is 444. The Morgan fingerprint density at radius 2 is 2.24 bits per heavy atom. The second-order valence-corrected chi connectivity index (χ2v) is 4.96. The maximum absolute atomic E-state index is 13.3. The highest BCUT2D eigenvalue weighted by atomic mass is 19.1. The smallest absolute Gasteiger partial charge is 0.304 e. The molecule has 1 aromatic carbocycles. The first-order chi connectivity index (χ1) is 8.00. The van der Waals surface area contributed by atoms with Crippen molar-refractivity contribution < 1.29 is 9.31 Å². The van der Waals surface area contributed by atoms with E-state index in [4.69, 9.17) is 0 Å². The van der Waals surface area contributed by atoms with E-state index in [-0.39, 0.29) is 0 Å². The lowest BCUT2D eigenvalue weighted by atomic mass is 10.1. The molecule has 92 valence electrons. The summed E-state index contributed by atoms with van der Waals surface area (Å²) in [6.07, 6.45) is 2.46. The molecule has 0 spiro atoms. The molecule has 1 N–H and O–H groups in total. The minimum absolute atomic E-state index is 0.402. The van der Waals surface area contributed by atoms with Gasteiger partial charge in [-0.05, 0) is 29.9 Å². The van der Waals surface area contributed by atoms with Gasteiger partial charge in [-0.3, -0.25) is 10.1 Å². The van der Waals surface area contributed by atoms with Gasteiger partial charge in [0.05, 0.1) is 4.92 Å². The van der Waals surface area contributed by atoms with Crippen LogP contribution in [0.15, 0.2) is 18.2 Å². The maximum atomic E-state index is 13.3. The first-order valence-corrected chi connectivity index (χ1v) is 5.64. The number of nitro benzene ring substituents is 1. The van der Waals surface area contributed by atoms with E-state index in [9.17, 15) is 14.5 Å². The van der Waals surface area contributed by atoms with Gasteiger partial charge in [0.25, 0.3) is 0 Å². The number of rotatable bonds is 5. The van der Waals surface area contributed by atoms with E-state index >= 15 is 0 Å². The second-order valence-electron chi connectivity index (χ2n) is 4.96. The van der Waals surface area contributed by atoms with E-state index in [2.05, 4.69) is 12.2 Å². The summed E-state index contributed by atoms with van der Waals surface area (Å²) >= 11 is 0. The van der Waals surface area contributed by atoms with Crippen molar-refractivity contribution in [3.8, 4) is 0 Å². The van der Waals surface area contributed by atoms with Crippen molar-refractivity contribution >= 4 is 5.69 Å². The van der Waals surface area contributed by atoms with E-state index in [1.54, 1.807) is 6.07 Å². The van der Waals surface area contributed by atoms with E-state index < -0.39 is 16.4 Å². The zero-order valence-corrected chi connectivity index (χ0v) is 9.70. The molecule has 4 nitrogen and oxygen atoms in total. The molecular formula is C12H15FN2O2. The topological polar surface area (TPSA) is 55.2 Å². The van der Waals surface area contributed by atoms with Crippen LogP contribution >= 0.6 is 0 Å². The molecule has 0 saturated heterocycles. The number of benzene rings is 1. The van der Waals surface area contributed by atoms with Gasteiger partial charge in [-0.1, -0.05) is 13.0 Å². The number of hydrogen-bond acceptors (Lipinski definition) is 3. The molecule has 5 heteroatoms. The average molecular weight is 238 g/mol. The fourth-order valence-corrected chi connectivity index (χ4v) is 1.71. The molecule has 2 rings (SSSR count). The predicted octanol–water partition coefficient (Wildman–Crippen LogP) is 2.62. The zero-order chi connectivity index (χ0) is 12.5. The molecule has 1 aromatic rings. The van der Waals surface area contributed by atoms with Gasteiger partial charge >= 0.3 is 5.69 Å². The van der Waals surface area contributed by atoms with Crippen molar-refractivity contribution in [1.82, 2.24) is 5.32 Å². The van der Waals surface area contributed by atoms with Gasteiger partial charge in [0.15, 0.2) is 0 Å². The van der Waals surface area contributed by atoms with Gasteiger partial charge in [0, 0.05) is 19.2 Å². The summed E-state index contributed by atoms with van der Waals surface area (Å²) in [5.41, 5.74) is 0.666. The summed E-state index contributed by atoms with van der Waals surface area (Å²) in [5.74, 6) is -0.771. The minimum atomic E-state index is -0.771. The van der Waals surface area contributed by atoms with Crippen molar-refractivity contribution in [1.29, 1.82) is 0 Å². The lowest BCUT2D eigenvalue weighted by Gasteiger charge is -2.09. The van der Waals surface area contributed by atoms with Crippen LogP contribution in [0.3, 0.4) is 0 Å². The predicted molar refractivity (Wildman–Crippen MR) is 62.1 cm³/mol. The largest absolute Gasteiger partial charge is 0.312 e. The minimum Gasteiger partial charge on any atom is -0.312 e. The third kappa shape index (κ3) is 3.00. The zero-order valence-electron chi connectivity index (χ0n) is 9.70. The summed E-state index contributed by atoms with van der Waals surface area (Å²) in [6.45, 7) is 3.66. The van der Waals surface area contributed by atoms with E-state index in [0.29, 0.717) is 12.0 Å². The number of nitrogens with zero attached hydrogens (tertiary/aromatic N) is 1. The highest BCUT2D eigenvalue weighted by molar-refractivity contribution is 5.34. The van der Waals surface area contributed by atoms with Crippen molar-refractivity contribution in [3.63, 3.8) is 0 Å². The Labute approximate surface area is 99.0 Å². The third-order valence-electron chi connectivity index (χ3n) is 3.19. The molecule has 0 atom stereocenters. The van der Waals surface area contributed by atoms with E-state index in [1.807, 2.05) is 0 Å². The molecule has 1 aliphatic rings. The van der Waals surface area contributed by atoms with Gasteiger partial charge in [-0.2, -0.15) is 4.39 Å². The summed E-state index contributed by atoms with van der Waals surface area (Å²) in [6, 6.07) is 4.02. The van der Waals surface area contributed by atoms with Crippen molar-refractivity contribution in [2.45, 2.75) is 26.3 Å². The van der Waals surface area contributed by atoms with Crippen LogP contribution in [-0.2, 0) is 6.54 Å². The Morgan fingerprint density at radius 3 is 2.76 bits per heavy atom. The summed E-state index contributed by atoms with van der Waals surface area (Å²) in [4.78, 5) is 9.73. The SMILES string of the molecule is CC1(CNCc2ccc([N+](=O)[O-])c(F)c2)CC1. The summed E-state index contributed by atoms with van der Waals surface area (Å²) in [7, 11) is 0. The normalized spacial score (nSPS) is 16.8. The molecule has 0 heterocycles. The molecule has 17 heavy (non-hydrogen) atoms. The van der Waals surface area contributed by atoms with Crippen LogP contribution in [-0.4, -0.2) is 11.5 Å². The Hall–Kier alpha value is -1.49. The monoisotopic (exact) mass is 238 g/mol. The van der Waals surface area contributed by atoms with Gasteiger partial charge in [-0.15, -0.1) is 0 Å². The van der Waals surface area contributed by atoms with Crippen LogP contribution in [0.1, 0.15) is 25.3 Å². The van der Waals surface area contributed by atoms with Crippen molar-refractivity contribution in [2.75, 3.05) is 6.54 Å². The van der Waals surface area contributed by atoms with E-state index in [1.165, 1.54) is 25.0 Å². The fraction of sp³-hybridized carbons (Fsp3) is 0.500. The van der Waals surface area contributed by atoms with Crippen LogP contribution in [0, 0.1) is 21.3 Å². The standard InChI is InChI=1S/C12H15FN2O2/c1-12(4-5-12)8-14-7-9-2-3-11(15(16)17)10(13)6-9/h2-3,6,14H,4-5,7-8H2,1H3. The Morgan fingerprint density at radius 1 is 1.53 bits per heavy atom. The quantitative estimate of drug-likeness (QED) is 0.633. The highest BCUT2D eigenvalue weighted by Gasteiger charge is 2.36. The fourth-order valence-electron chi connectivity index (χ4n) is 1.71. The van der Waals surface area contributed by atoms with Crippen LogP contribution in [0.2, 0.25) is 0 Å². The molecule has 0 radical (unpaired) electrons. The molecular weight excluding hydrogens is 223 g/mol. The van der Waals surface area contributed by atoms with Crippen LogP contribution in [0.25, 0.3) is 0 Å². The van der Waals surface area contributed by atoms with Crippen molar-refractivity contribution in [2.24, 2.45) is 5.41 Å². The molecule has 0 aromatic heterocycles. The Balaban J connectivity index is 1.93. The highest BCUT2D eigenvalue weighted by Crippen LogP contribution is 2.44. The molecule has 1 aliphatic carbocycles.